The van der Waals surface area contributed by atoms with Crippen molar-refractivity contribution in [3.8, 4) is 0 Å². The van der Waals surface area contributed by atoms with E-state index < -0.39 is 6.43 Å². The second-order valence-electron chi connectivity index (χ2n) is 2.53. The fourth-order valence-electron chi connectivity index (χ4n) is 0.980. The maximum atomic E-state index is 12.5. The van der Waals surface area contributed by atoms with E-state index in [1.165, 1.54) is 0 Å². The van der Waals surface area contributed by atoms with Gasteiger partial charge in [-0.15, -0.1) is 0 Å². The number of aryl methyl sites for hydroxylation is 1. The lowest BCUT2D eigenvalue weighted by Gasteiger charge is -2.09. The van der Waals surface area contributed by atoms with E-state index >= 15 is 0 Å². The lowest BCUT2D eigenvalue weighted by Crippen LogP contribution is -2.00. The van der Waals surface area contributed by atoms with Crippen LogP contribution in [-0.4, -0.2) is 4.98 Å². The molecule has 0 unspecified atom stereocenters. The van der Waals surface area contributed by atoms with Gasteiger partial charge in [-0.05, 0) is 35.1 Å². The Morgan fingerprint density at radius 1 is 1.62 bits per heavy atom. The van der Waals surface area contributed by atoms with Crippen LogP contribution in [0.25, 0.3) is 0 Å². The summed E-state index contributed by atoms with van der Waals surface area (Å²) >= 11 is 5.16. The van der Waals surface area contributed by atoms with E-state index in [2.05, 4.69) is 20.9 Å². The van der Waals surface area contributed by atoms with E-state index in [1.807, 2.05) is 22.6 Å². The molecule has 0 fully saturated rings. The largest absolute Gasteiger partial charge is 0.266 e. The van der Waals surface area contributed by atoms with Crippen molar-refractivity contribution in [2.45, 2.75) is 18.7 Å². The molecule has 13 heavy (non-hydrogen) atoms. The highest BCUT2D eigenvalue weighted by atomic mass is 127. The molecule has 0 aliphatic rings. The van der Waals surface area contributed by atoms with Crippen molar-refractivity contribution in [3.63, 3.8) is 0 Å². The topological polar surface area (TPSA) is 12.9 Å². The van der Waals surface area contributed by atoms with Gasteiger partial charge in [-0.25, -0.2) is 8.78 Å². The van der Waals surface area contributed by atoms with Crippen molar-refractivity contribution >= 4 is 38.5 Å². The van der Waals surface area contributed by atoms with E-state index in [0.29, 0.717) is 14.6 Å². The van der Waals surface area contributed by atoms with Gasteiger partial charge < -0.3 is 0 Å². The molecular formula is C8H7BrF2IN. The molecule has 0 saturated carbocycles. The minimum Gasteiger partial charge on any atom is -0.261 e. The van der Waals surface area contributed by atoms with Crippen molar-refractivity contribution in [1.82, 2.24) is 4.98 Å². The SMILES string of the molecule is Cc1ncc(CBr)c(I)c1C(F)F. The summed E-state index contributed by atoms with van der Waals surface area (Å²) in [5.41, 5.74) is 1.27. The van der Waals surface area contributed by atoms with Gasteiger partial charge in [0, 0.05) is 20.8 Å². The van der Waals surface area contributed by atoms with Crippen LogP contribution in [-0.2, 0) is 5.33 Å². The second-order valence-corrected chi connectivity index (χ2v) is 4.17. The van der Waals surface area contributed by atoms with Crippen LogP contribution in [0.1, 0.15) is 23.2 Å². The van der Waals surface area contributed by atoms with Crippen LogP contribution in [0.5, 0.6) is 0 Å². The normalized spacial score (nSPS) is 10.9. The van der Waals surface area contributed by atoms with Gasteiger partial charge in [-0.1, -0.05) is 15.9 Å². The summed E-state index contributed by atoms with van der Waals surface area (Å²) < 4.78 is 25.7. The molecule has 0 N–H and O–H groups in total. The molecule has 0 saturated heterocycles. The average molecular weight is 362 g/mol. The Kier molecular flexibility index (Phi) is 4.03. The van der Waals surface area contributed by atoms with Crippen LogP contribution >= 0.6 is 38.5 Å². The fraction of sp³-hybridized carbons (Fsp3) is 0.375. The van der Waals surface area contributed by atoms with E-state index in [1.54, 1.807) is 13.1 Å². The third kappa shape index (κ3) is 2.37. The van der Waals surface area contributed by atoms with Crippen LogP contribution in [0.3, 0.4) is 0 Å². The first-order valence-corrected chi connectivity index (χ1v) is 5.76. The Morgan fingerprint density at radius 2 is 2.23 bits per heavy atom. The Bertz CT molecular complexity index is 317. The van der Waals surface area contributed by atoms with E-state index in [0.717, 1.165) is 5.56 Å². The Hall–Kier alpha value is 0.220. The standard InChI is InChI=1S/C8H7BrF2IN/c1-4-6(8(10)11)7(12)5(2-9)3-13-4/h3,8H,2H2,1H3. The smallest absolute Gasteiger partial charge is 0.261 e. The molecule has 0 bridgehead atoms. The summed E-state index contributed by atoms with van der Waals surface area (Å²) in [5.74, 6) is 0. The zero-order valence-corrected chi connectivity index (χ0v) is 10.6. The minimum absolute atomic E-state index is 0.0533. The summed E-state index contributed by atoms with van der Waals surface area (Å²) in [6, 6.07) is 0. The third-order valence-electron chi connectivity index (χ3n) is 1.68. The van der Waals surface area contributed by atoms with Gasteiger partial charge in [-0.2, -0.15) is 0 Å². The number of aromatic nitrogens is 1. The number of alkyl halides is 3. The minimum atomic E-state index is -2.45. The van der Waals surface area contributed by atoms with Crippen LogP contribution in [0.15, 0.2) is 6.20 Å². The molecule has 72 valence electrons. The van der Waals surface area contributed by atoms with Gasteiger partial charge in [0.25, 0.3) is 6.43 Å². The second kappa shape index (κ2) is 4.63. The zero-order valence-electron chi connectivity index (χ0n) is 6.82. The highest BCUT2D eigenvalue weighted by Crippen LogP contribution is 2.29. The van der Waals surface area contributed by atoms with Crippen molar-refractivity contribution in [1.29, 1.82) is 0 Å². The van der Waals surface area contributed by atoms with Gasteiger partial charge in [0.2, 0.25) is 0 Å². The van der Waals surface area contributed by atoms with Gasteiger partial charge in [-0.3, -0.25) is 4.98 Å². The van der Waals surface area contributed by atoms with Crippen molar-refractivity contribution in [3.05, 3.63) is 26.6 Å². The number of halogens is 4. The molecule has 1 rings (SSSR count). The molecule has 0 aromatic carbocycles. The van der Waals surface area contributed by atoms with Gasteiger partial charge in [0.05, 0.1) is 5.56 Å². The molecular weight excluding hydrogens is 355 g/mol. The molecule has 1 aromatic rings. The van der Waals surface area contributed by atoms with Gasteiger partial charge >= 0.3 is 0 Å². The van der Waals surface area contributed by atoms with Crippen LogP contribution in [0.2, 0.25) is 0 Å². The summed E-state index contributed by atoms with van der Waals surface area (Å²) in [4.78, 5) is 3.92. The fourth-order valence-corrected chi connectivity index (χ4v) is 2.88. The Labute approximate surface area is 97.2 Å². The lowest BCUT2D eigenvalue weighted by molar-refractivity contribution is 0.149. The Balaban J connectivity index is 3.30. The maximum Gasteiger partial charge on any atom is 0.266 e. The number of hydrogen-bond donors (Lipinski definition) is 0. The molecule has 0 radical (unpaired) electrons. The number of nitrogens with zero attached hydrogens (tertiary/aromatic N) is 1. The van der Waals surface area contributed by atoms with Gasteiger partial charge in [0.15, 0.2) is 0 Å². The highest BCUT2D eigenvalue weighted by Gasteiger charge is 2.17. The quantitative estimate of drug-likeness (QED) is 0.576. The molecule has 0 spiro atoms. The maximum absolute atomic E-state index is 12.5. The zero-order chi connectivity index (χ0) is 10.0. The average Bonchev–Trinajstić information content (AvgIpc) is 2.04. The van der Waals surface area contributed by atoms with E-state index in [9.17, 15) is 8.78 Å². The van der Waals surface area contributed by atoms with Crippen molar-refractivity contribution in [2.75, 3.05) is 0 Å². The number of rotatable bonds is 2. The van der Waals surface area contributed by atoms with E-state index in [4.69, 9.17) is 0 Å². The molecule has 0 atom stereocenters. The molecule has 0 aliphatic heterocycles. The lowest BCUT2D eigenvalue weighted by atomic mass is 10.1. The first-order chi connectivity index (χ1) is 6.07. The molecule has 1 aromatic heterocycles. The highest BCUT2D eigenvalue weighted by molar-refractivity contribution is 14.1. The summed E-state index contributed by atoms with van der Waals surface area (Å²) in [6.07, 6.45) is -0.823. The molecule has 1 nitrogen and oxygen atoms in total. The summed E-state index contributed by atoms with van der Waals surface area (Å²) in [6.45, 7) is 1.60. The molecule has 0 aliphatic carbocycles. The molecule has 5 heteroatoms. The van der Waals surface area contributed by atoms with Crippen LogP contribution in [0, 0.1) is 10.5 Å². The third-order valence-corrected chi connectivity index (χ3v) is 3.56. The molecule has 0 amide bonds. The predicted molar refractivity (Wildman–Crippen MR) is 59.3 cm³/mol. The van der Waals surface area contributed by atoms with Crippen molar-refractivity contribution < 1.29 is 8.78 Å². The number of pyridine rings is 1. The van der Waals surface area contributed by atoms with Gasteiger partial charge in [0.1, 0.15) is 0 Å². The first kappa shape index (κ1) is 11.3. The predicted octanol–water partition coefficient (Wildman–Crippen LogP) is 3.83. The first-order valence-electron chi connectivity index (χ1n) is 3.56. The Morgan fingerprint density at radius 3 is 2.69 bits per heavy atom. The van der Waals surface area contributed by atoms with E-state index in [-0.39, 0.29) is 5.56 Å². The van der Waals surface area contributed by atoms with Crippen molar-refractivity contribution in [2.24, 2.45) is 0 Å². The summed E-state index contributed by atoms with van der Waals surface area (Å²) in [5, 5.41) is 0.554. The molecule has 1 heterocycles. The monoisotopic (exact) mass is 361 g/mol. The van der Waals surface area contributed by atoms with Crippen LogP contribution in [0.4, 0.5) is 8.78 Å². The summed E-state index contributed by atoms with van der Waals surface area (Å²) in [7, 11) is 0. The number of hydrogen-bond acceptors (Lipinski definition) is 1. The van der Waals surface area contributed by atoms with Crippen LogP contribution < -0.4 is 0 Å².